The maximum atomic E-state index is 10.9. The van der Waals surface area contributed by atoms with Gasteiger partial charge in [-0.2, -0.15) is 0 Å². The van der Waals surface area contributed by atoms with Gasteiger partial charge in [0.15, 0.2) is 0 Å². The molecule has 2 aliphatic heterocycles. The predicted octanol–water partition coefficient (Wildman–Crippen LogP) is 2.11. The van der Waals surface area contributed by atoms with Crippen molar-refractivity contribution in [2.24, 2.45) is 5.92 Å². The van der Waals surface area contributed by atoms with E-state index in [-0.39, 0.29) is 0 Å². The van der Waals surface area contributed by atoms with Crippen molar-refractivity contribution in [2.45, 2.75) is 19.3 Å². The minimum absolute atomic E-state index is 0.294. The first kappa shape index (κ1) is 20.1. The summed E-state index contributed by atoms with van der Waals surface area (Å²) in [5.74, 6) is 0.635. The van der Waals surface area contributed by atoms with Crippen LogP contribution in [-0.4, -0.2) is 91.8 Å². The standard InChI is InChI=1S/C21H33N3O3/c1-22-11-13-24(14-12-22)17-18-4-2-9-23(16-18)10-3-15-27-20-7-5-19(6-8-20)21(25)26/h5-8,18H,2-4,9-17H2,1H3,(H,25,26). The fourth-order valence-electron chi connectivity index (χ4n) is 4.07. The lowest BCUT2D eigenvalue weighted by molar-refractivity contribution is 0.0697. The zero-order chi connectivity index (χ0) is 19.1. The fraction of sp³-hybridized carbons (Fsp3) is 0.667. The molecule has 0 saturated carbocycles. The van der Waals surface area contributed by atoms with Gasteiger partial charge in [0.25, 0.3) is 0 Å². The molecule has 0 spiro atoms. The van der Waals surface area contributed by atoms with Crippen molar-refractivity contribution in [3.05, 3.63) is 29.8 Å². The minimum Gasteiger partial charge on any atom is -0.494 e. The summed E-state index contributed by atoms with van der Waals surface area (Å²) in [5.41, 5.74) is 0.294. The number of hydrogen-bond acceptors (Lipinski definition) is 5. The number of benzene rings is 1. The van der Waals surface area contributed by atoms with Crippen LogP contribution in [0.5, 0.6) is 5.75 Å². The van der Waals surface area contributed by atoms with Crippen molar-refractivity contribution in [1.29, 1.82) is 0 Å². The number of ether oxygens (including phenoxy) is 1. The SMILES string of the molecule is CN1CCN(CC2CCCN(CCCOc3ccc(C(=O)O)cc3)C2)CC1. The van der Waals surface area contributed by atoms with E-state index in [0.717, 1.165) is 24.6 Å². The van der Waals surface area contributed by atoms with Crippen LogP contribution in [-0.2, 0) is 0 Å². The van der Waals surface area contributed by atoms with E-state index in [1.807, 2.05) is 0 Å². The van der Waals surface area contributed by atoms with E-state index in [1.54, 1.807) is 24.3 Å². The molecule has 0 amide bonds. The second-order valence-electron chi connectivity index (χ2n) is 7.94. The Morgan fingerprint density at radius 3 is 2.56 bits per heavy atom. The molecule has 2 saturated heterocycles. The summed E-state index contributed by atoms with van der Waals surface area (Å²) < 4.78 is 5.76. The fourth-order valence-corrected chi connectivity index (χ4v) is 4.07. The molecule has 0 aromatic heterocycles. The van der Waals surface area contributed by atoms with Gasteiger partial charge in [0, 0.05) is 45.8 Å². The van der Waals surface area contributed by atoms with Gasteiger partial charge in [-0.05, 0) is 63.0 Å². The number of rotatable bonds is 8. The van der Waals surface area contributed by atoms with E-state index < -0.39 is 5.97 Å². The third kappa shape index (κ3) is 6.48. The maximum absolute atomic E-state index is 10.9. The molecule has 6 heteroatoms. The zero-order valence-electron chi connectivity index (χ0n) is 16.5. The van der Waals surface area contributed by atoms with Crippen molar-refractivity contribution >= 4 is 5.97 Å². The number of carboxylic acid groups (broad SMARTS) is 1. The Morgan fingerprint density at radius 2 is 1.85 bits per heavy atom. The van der Waals surface area contributed by atoms with Crippen LogP contribution < -0.4 is 4.74 Å². The van der Waals surface area contributed by atoms with Crippen LogP contribution in [0.3, 0.4) is 0 Å². The largest absolute Gasteiger partial charge is 0.494 e. The lowest BCUT2D eigenvalue weighted by Crippen LogP contribution is -2.48. The van der Waals surface area contributed by atoms with Gasteiger partial charge < -0.3 is 24.5 Å². The van der Waals surface area contributed by atoms with Gasteiger partial charge in [0.2, 0.25) is 0 Å². The van der Waals surface area contributed by atoms with E-state index in [1.165, 1.54) is 58.7 Å². The molecule has 2 heterocycles. The van der Waals surface area contributed by atoms with Crippen LogP contribution in [0.1, 0.15) is 29.6 Å². The average molecular weight is 376 g/mol. The molecule has 0 radical (unpaired) electrons. The number of nitrogens with zero attached hydrogens (tertiary/aromatic N) is 3. The number of carbonyl (C=O) groups is 1. The molecule has 2 fully saturated rings. The summed E-state index contributed by atoms with van der Waals surface area (Å²) in [6, 6.07) is 6.64. The third-order valence-electron chi connectivity index (χ3n) is 5.70. The van der Waals surface area contributed by atoms with E-state index in [2.05, 4.69) is 21.7 Å². The lowest BCUT2D eigenvalue weighted by Gasteiger charge is -2.38. The Hall–Kier alpha value is -1.63. The van der Waals surface area contributed by atoms with Crippen molar-refractivity contribution in [1.82, 2.24) is 14.7 Å². The smallest absolute Gasteiger partial charge is 0.335 e. The Labute approximate surface area is 162 Å². The second kappa shape index (κ2) is 10.1. The molecule has 1 aromatic rings. The Kier molecular flexibility index (Phi) is 7.50. The summed E-state index contributed by atoms with van der Waals surface area (Å²) in [6.45, 7) is 10.2. The van der Waals surface area contributed by atoms with Crippen molar-refractivity contribution in [2.75, 3.05) is 66.0 Å². The van der Waals surface area contributed by atoms with Crippen LogP contribution in [0.15, 0.2) is 24.3 Å². The van der Waals surface area contributed by atoms with Crippen LogP contribution >= 0.6 is 0 Å². The Balaban J connectivity index is 1.32. The Morgan fingerprint density at radius 1 is 1.11 bits per heavy atom. The molecule has 1 atom stereocenters. The summed E-state index contributed by atoms with van der Waals surface area (Å²) in [4.78, 5) is 18.5. The van der Waals surface area contributed by atoms with Gasteiger partial charge in [0.1, 0.15) is 5.75 Å². The number of likely N-dealkylation sites (tertiary alicyclic amines) is 1. The van der Waals surface area contributed by atoms with Gasteiger partial charge in [-0.15, -0.1) is 0 Å². The molecule has 1 aromatic carbocycles. The lowest BCUT2D eigenvalue weighted by atomic mass is 9.97. The molecule has 6 nitrogen and oxygen atoms in total. The van der Waals surface area contributed by atoms with Crippen LogP contribution in [0, 0.1) is 5.92 Å². The monoisotopic (exact) mass is 375 g/mol. The molecule has 1 N–H and O–H groups in total. The minimum atomic E-state index is -0.905. The normalized spacial score (nSPS) is 22.6. The zero-order valence-corrected chi connectivity index (χ0v) is 16.5. The number of piperidine rings is 1. The first-order valence-electron chi connectivity index (χ1n) is 10.2. The molecule has 150 valence electrons. The molecule has 1 unspecified atom stereocenters. The number of piperazine rings is 1. The molecule has 27 heavy (non-hydrogen) atoms. The second-order valence-corrected chi connectivity index (χ2v) is 7.94. The molecule has 0 aliphatic carbocycles. The van der Waals surface area contributed by atoms with Crippen molar-refractivity contribution in [3.63, 3.8) is 0 Å². The highest BCUT2D eigenvalue weighted by Gasteiger charge is 2.23. The number of aromatic carboxylic acids is 1. The van der Waals surface area contributed by atoms with E-state index >= 15 is 0 Å². The van der Waals surface area contributed by atoms with Crippen molar-refractivity contribution in [3.8, 4) is 5.75 Å². The molecule has 2 aliphatic rings. The first-order valence-corrected chi connectivity index (χ1v) is 10.2. The van der Waals surface area contributed by atoms with E-state index in [0.29, 0.717) is 12.2 Å². The summed E-state index contributed by atoms with van der Waals surface area (Å²) in [6.07, 6.45) is 3.66. The first-order chi connectivity index (χ1) is 13.1. The number of likely N-dealkylation sites (N-methyl/N-ethyl adjacent to an activating group) is 1. The molecular formula is C21H33N3O3. The van der Waals surface area contributed by atoms with Crippen molar-refractivity contribution < 1.29 is 14.6 Å². The highest BCUT2D eigenvalue weighted by atomic mass is 16.5. The van der Waals surface area contributed by atoms with Crippen LogP contribution in [0.2, 0.25) is 0 Å². The van der Waals surface area contributed by atoms with Gasteiger partial charge in [-0.1, -0.05) is 0 Å². The van der Waals surface area contributed by atoms with Gasteiger partial charge in [-0.3, -0.25) is 0 Å². The molecular weight excluding hydrogens is 342 g/mol. The van der Waals surface area contributed by atoms with Crippen LogP contribution in [0.25, 0.3) is 0 Å². The van der Waals surface area contributed by atoms with Crippen LogP contribution in [0.4, 0.5) is 0 Å². The topological polar surface area (TPSA) is 56.2 Å². The molecule has 3 rings (SSSR count). The maximum Gasteiger partial charge on any atom is 0.335 e. The average Bonchev–Trinajstić information content (AvgIpc) is 2.68. The summed E-state index contributed by atoms with van der Waals surface area (Å²) >= 11 is 0. The molecule has 0 bridgehead atoms. The van der Waals surface area contributed by atoms with Gasteiger partial charge in [-0.25, -0.2) is 4.79 Å². The summed E-state index contributed by atoms with van der Waals surface area (Å²) in [5, 5.41) is 8.92. The summed E-state index contributed by atoms with van der Waals surface area (Å²) in [7, 11) is 2.21. The van der Waals surface area contributed by atoms with E-state index in [9.17, 15) is 4.79 Å². The quantitative estimate of drug-likeness (QED) is 0.703. The third-order valence-corrected chi connectivity index (χ3v) is 5.70. The van der Waals surface area contributed by atoms with E-state index in [4.69, 9.17) is 9.84 Å². The highest BCUT2D eigenvalue weighted by molar-refractivity contribution is 5.87. The number of hydrogen-bond donors (Lipinski definition) is 1. The Bertz CT molecular complexity index is 585. The highest BCUT2D eigenvalue weighted by Crippen LogP contribution is 2.19. The predicted molar refractivity (Wildman–Crippen MR) is 107 cm³/mol. The van der Waals surface area contributed by atoms with Gasteiger partial charge >= 0.3 is 5.97 Å². The van der Waals surface area contributed by atoms with Gasteiger partial charge in [0.05, 0.1) is 12.2 Å². The number of carboxylic acids is 1.